The second kappa shape index (κ2) is 5.23. The molecule has 3 rings (SSSR count). The molecule has 0 radical (unpaired) electrons. The van der Waals surface area contributed by atoms with E-state index in [-0.39, 0.29) is 11.4 Å². The lowest BCUT2D eigenvalue weighted by Gasteiger charge is -2.30. The molecule has 19 heavy (non-hydrogen) atoms. The predicted octanol–water partition coefficient (Wildman–Crippen LogP) is 0.974. The van der Waals surface area contributed by atoms with Crippen LogP contribution in [0.15, 0.2) is 11.4 Å². The number of rotatable bonds is 3. The zero-order chi connectivity index (χ0) is 13.3. The van der Waals surface area contributed by atoms with Gasteiger partial charge in [0, 0.05) is 30.1 Å². The minimum absolute atomic E-state index is 0.0823. The Morgan fingerprint density at radius 3 is 3.32 bits per heavy atom. The van der Waals surface area contributed by atoms with Crippen LogP contribution in [0.25, 0.3) is 0 Å². The highest BCUT2D eigenvalue weighted by Crippen LogP contribution is 2.24. The smallest absolute Gasteiger partial charge is 0.236 e. The van der Waals surface area contributed by atoms with Crippen LogP contribution >= 0.6 is 11.3 Å². The molecule has 0 saturated carbocycles. The van der Waals surface area contributed by atoms with Gasteiger partial charge in [-0.05, 0) is 43.3 Å². The first-order chi connectivity index (χ1) is 9.16. The number of thiophene rings is 1. The van der Waals surface area contributed by atoms with E-state index >= 15 is 0 Å². The molecule has 1 unspecified atom stereocenters. The summed E-state index contributed by atoms with van der Waals surface area (Å²) in [6, 6.07) is 2.15. The molecule has 2 aliphatic rings. The molecule has 1 atom stereocenters. The van der Waals surface area contributed by atoms with Crippen LogP contribution in [0.3, 0.4) is 0 Å². The van der Waals surface area contributed by atoms with Crippen LogP contribution in [0.1, 0.15) is 23.8 Å². The molecule has 104 valence electrons. The fourth-order valence-electron chi connectivity index (χ4n) is 2.83. The summed E-state index contributed by atoms with van der Waals surface area (Å²) < 4.78 is 0. The minimum atomic E-state index is 0.0823. The van der Waals surface area contributed by atoms with Gasteiger partial charge in [0.15, 0.2) is 0 Å². The van der Waals surface area contributed by atoms with Gasteiger partial charge in [-0.15, -0.1) is 11.3 Å². The molecule has 5 heteroatoms. The first-order valence-corrected chi connectivity index (χ1v) is 7.83. The Balaban J connectivity index is 1.54. The van der Waals surface area contributed by atoms with E-state index in [2.05, 4.69) is 29.0 Å². The van der Waals surface area contributed by atoms with Crippen molar-refractivity contribution < 1.29 is 4.79 Å². The largest absolute Gasteiger partial charge is 0.337 e. The highest BCUT2D eigenvalue weighted by atomic mass is 32.1. The number of hydrogen-bond acceptors (Lipinski definition) is 4. The Bertz CT molecular complexity index is 465. The predicted molar refractivity (Wildman–Crippen MR) is 77.3 cm³/mol. The lowest BCUT2D eigenvalue weighted by atomic mass is 10.0. The van der Waals surface area contributed by atoms with Crippen molar-refractivity contribution in [2.75, 3.05) is 26.2 Å². The van der Waals surface area contributed by atoms with Gasteiger partial charge in [0.25, 0.3) is 0 Å². The fraction of sp³-hybridized carbons (Fsp3) is 0.643. The summed E-state index contributed by atoms with van der Waals surface area (Å²) in [7, 11) is 0. The van der Waals surface area contributed by atoms with Gasteiger partial charge in [-0.1, -0.05) is 0 Å². The molecule has 0 aliphatic carbocycles. The van der Waals surface area contributed by atoms with E-state index in [0.717, 1.165) is 39.0 Å². The van der Waals surface area contributed by atoms with Crippen molar-refractivity contribution in [2.45, 2.75) is 31.8 Å². The number of amides is 1. The Morgan fingerprint density at radius 1 is 1.63 bits per heavy atom. The molecule has 2 aliphatic heterocycles. The number of carbonyl (C=O) groups is 1. The number of hydrogen-bond donors (Lipinski definition) is 2. The highest BCUT2D eigenvalue weighted by molar-refractivity contribution is 7.10. The van der Waals surface area contributed by atoms with Crippen molar-refractivity contribution >= 4 is 17.2 Å². The minimum Gasteiger partial charge on any atom is -0.337 e. The van der Waals surface area contributed by atoms with E-state index in [9.17, 15) is 4.79 Å². The molecule has 4 nitrogen and oxygen atoms in total. The maximum Gasteiger partial charge on any atom is 0.236 e. The van der Waals surface area contributed by atoms with Gasteiger partial charge in [0.1, 0.15) is 0 Å². The van der Waals surface area contributed by atoms with Crippen molar-refractivity contribution in [3.8, 4) is 0 Å². The Morgan fingerprint density at radius 2 is 2.53 bits per heavy atom. The fourth-order valence-corrected chi connectivity index (χ4v) is 3.72. The third-order valence-corrected chi connectivity index (χ3v) is 5.22. The van der Waals surface area contributed by atoms with Crippen molar-refractivity contribution in [3.05, 3.63) is 21.9 Å². The Labute approximate surface area is 118 Å². The molecule has 0 spiro atoms. The van der Waals surface area contributed by atoms with E-state index < -0.39 is 0 Å². The quantitative estimate of drug-likeness (QED) is 0.867. The normalized spacial score (nSPS) is 26.5. The van der Waals surface area contributed by atoms with Gasteiger partial charge in [0.2, 0.25) is 5.91 Å². The molecule has 3 heterocycles. The molecule has 1 saturated heterocycles. The molecule has 1 amide bonds. The van der Waals surface area contributed by atoms with E-state index in [1.807, 2.05) is 16.2 Å². The van der Waals surface area contributed by atoms with Crippen LogP contribution in [-0.4, -0.2) is 42.5 Å². The van der Waals surface area contributed by atoms with Gasteiger partial charge in [-0.25, -0.2) is 0 Å². The standard InChI is InChI=1S/C14H21N3OS/c1-14(4-5-15-10-14)16-8-13(18)17-6-2-12-11(9-17)3-7-19-12/h3,7,15-16H,2,4-6,8-10H2,1H3. The molecule has 0 aromatic carbocycles. The van der Waals surface area contributed by atoms with Gasteiger partial charge >= 0.3 is 0 Å². The van der Waals surface area contributed by atoms with Crippen molar-refractivity contribution in [3.63, 3.8) is 0 Å². The number of fused-ring (bicyclic) bond motifs is 1. The summed E-state index contributed by atoms with van der Waals surface area (Å²) in [5.74, 6) is 0.227. The molecule has 2 N–H and O–H groups in total. The van der Waals surface area contributed by atoms with Crippen LogP contribution in [-0.2, 0) is 17.8 Å². The zero-order valence-electron chi connectivity index (χ0n) is 11.4. The Hall–Kier alpha value is -0.910. The lowest BCUT2D eigenvalue weighted by Crippen LogP contribution is -2.50. The first-order valence-electron chi connectivity index (χ1n) is 6.95. The molecule has 1 fully saturated rings. The molecule has 1 aromatic heterocycles. The summed E-state index contributed by atoms with van der Waals surface area (Å²) >= 11 is 1.81. The summed E-state index contributed by atoms with van der Waals surface area (Å²) in [5, 5.41) is 8.89. The monoisotopic (exact) mass is 279 g/mol. The maximum atomic E-state index is 12.3. The van der Waals surface area contributed by atoms with E-state index in [1.165, 1.54) is 10.4 Å². The summed E-state index contributed by atoms with van der Waals surface area (Å²) in [6.45, 7) is 6.29. The van der Waals surface area contributed by atoms with E-state index in [4.69, 9.17) is 0 Å². The van der Waals surface area contributed by atoms with Crippen LogP contribution in [0.2, 0.25) is 0 Å². The summed E-state index contributed by atoms with van der Waals surface area (Å²) in [4.78, 5) is 15.7. The van der Waals surface area contributed by atoms with Crippen molar-refractivity contribution in [2.24, 2.45) is 0 Å². The SMILES string of the molecule is CC1(NCC(=O)N2CCc3sccc3C2)CCNC1. The average molecular weight is 279 g/mol. The Kier molecular flexibility index (Phi) is 3.60. The van der Waals surface area contributed by atoms with E-state index in [1.54, 1.807) is 0 Å². The molecular weight excluding hydrogens is 258 g/mol. The van der Waals surface area contributed by atoms with Crippen LogP contribution in [0.5, 0.6) is 0 Å². The summed E-state index contributed by atoms with van der Waals surface area (Å²) in [6.07, 6.45) is 2.10. The van der Waals surface area contributed by atoms with E-state index in [0.29, 0.717) is 6.54 Å². The van der Waals surface area contributed by atoms with Crippen LogP contribution in [0, 0.1) is 0 Å². The van der Waals surface area contributed by atoms with Crippen molar-refractivity contribution in [1.29, 1.82) is 0 Å². The third kappa shape index (κ3) is 2.83. The lowest BCUT2D eigenvalue weighted by molar-refractivity contribution is -0.131. The average Bonchev–Trinajstić information content (AvgIpc) is 3.04. The molecule has 0 bridgehead atoms. The second-order valence-corrected chi connectivity index (χ2v) is 6.78. The van der Waals surface area contributed by atoms with Crippen LogP contribution < -0.4 is 10.6 Å². The van der Waals surface area contributed by atoms with Gasteiger partial charge in [-0.2, -0.15) is 0 Å². The van der Waals surface area contributed by atoms with Gasteiger partial charge < -0.3 is 15.5 Å². The number of nitrogens with zero attached hydrogens (tertiary/aromatic N) is 1. The first kappa shape index (κ1) is 13.1. The number of carbonyl (C=O) groups excluding carboxylic acids is 1. The number of nitrogens with one attached hydrogen (secondary N) is 2. The topological polar surface area (TPSA) is 44.4 Å². The second-order valence-electron chi connectivity index (χ2n) is 5.78. The highest BCUT2D eigenvalue weighted by Gasteiger charge is 2.29. The molecular formula is C14H21N3OS. The van der Waals surface area contributed by atoms with Gasteiger partial charge in [-0.3, -0.25) is 4.79 Å². The maximum absolute atomic E-state index is 12.3. The molecule has 1 aromatic rings. The van der Waals surface area contributed by atoms with Gasteiger partial charge in [0.05, 0.1) is 6.54 Å². The van der Waals surface area contributed by atoms with Crippen molar-refractivity contribution in [1.82, 2.24) is 15.5 Å². The zero-order valence-corrected chi connectivity index (χ0v) is 12.2. The third-order valence-electron chi connectivity index (χ3n) is 4.20. The van der Waals surface area contributed by atoms with Crippen LogP contribution in [0.4, 0.5) is 0 Å². The summed E-state index contributed by atoms with van der Waals surface area (Å²) in [5.41, 5.74) is 1.41.